The van der Waals surface area contributed by atoms with Gasteiger partial charge < -0.3 is 4.90 Å². The summed E-state index contributed by atoms with van der Waals surface area (Å²) >= 11 is 1.40. The van der Waals surface area contributed by atoms with Crippen molar-refractivity contribution in [3.05, 3.63) is 52.7 Å². The fourth-order valence-electron chi connectivity index (χ4n) is 3.23. The van der Waals surface area contributed by atoms with E-state index < -0.39 is 0 Å². The molecule has 0 N–H and O–H groups in total. The van der Waals surface area contributed by atoms with Crippen molar-refractivity contribution >= 4 is 50.2 Å². The van der Waals surface area contributed by atoms with Crippen molar-refractivity contribution in [1.29, 1.82) is 0 Å². The maximum Gasteiger partial charge on any atom is 0.275 e. The molecule has 0 amide bonds. The summed E-state index contributed by atoms with van der Waals surface area (Å²) in [5, 5.41) is 0.939. The Balaban J connectivity index is 1.99. The number of thiophene rings is 1. The third kappa shape index (κ3) is 2.51. The van der Waals surface area contributed by atoms with Gasteiger partial charge in [-0.2, -0.15) is 0 Å². The molecule has 0 aliphatic carbocycles. The topological polar surface area (TPSA) is 51.0 Å². The Labute approximate surface area is 156 Å². The highest BCUT2D eigenvalue weighted by Gasteiger charge is 2.17. The lowest BCUT2D eigenvalue weighted by atomic mass is 9.71. The maximum absolute atomic E-state index is 13.1. The summed E-state index contributed by atoms with van der Waals surface area (Å²) in [4.78, 5) is 25.0. The average molecular weight is 361 g/mol. The first-order valence-corrected chi connectivity index (χ1v) is 9.19. The van der Waals surface area contributed by atoms with Crippen LogP contribution >= 0.6 is 11.3 Å². The Morgan fingerprint density at radius 1 is 1.19 bits per heavy atom. The summed E-state index contributed by atoms with van der Waals surface area (Å²) in [6, 6.07) is 7.94. The van der Waals surface area contributed by atoms with E-state index in [4.69, 9.17) is 0 Å². The van der Waals surface area contributed by atoms with Crippen LogP contribution in [0.2, 0.25) is 6.82 Å². The van der Waals surface area contributed by atoms with E-state index in [1.807, 2.05) is 57.0 Å². The molecular weight excluding hydrogens is 343 g/mol. The highest BCUT2D eigenvalue weighted by atomic mass is 32.1. The Morgan fingerprint density at radius 2 is 2.00 bits per heavy atom. The number of hydrogen-bond donors (Lipinski definition) is 0. The molecule has 26 heavy (non-hydrogen) atoms. The van der Waals surface area contributed by atoms with E-state index in [0.29, 0.717) is 4.70 Å². The standard InChI is InChI=1S/C19H18BN4OS/c1-11-9-12(5-6-13(11)20-2)24-10-22-16-15-14(23(3)4)7-8-21-18(15)26-17(16)19(24)25/h5-10H,1-4H3. The fraction of sp³-hybridized carbons (Fsp3) is 0.211. The molecule has 5 nitrogen and oxygen atoms in total. The zero-order valence-corrected chi connectivity index (χ0v) is 16.0. The summed E-state index contributed by atoms with van der Waals surface area (Å²) in [6.07, 6.45) is 3.39. The molecule has 1 radical (unpaired) electrons. The molecule has 4 aromatic rings. The Hall–Kier alpha value is -2.67. The second-order valence-corrected chi connectivity index (χ2v) is 7.43. The van der Waals surface area contributed by atoms with Gasteiger partial charge in [0.1, 0.15) is 23.1 Å². The van der Waals surface area contributed by atoms with Gasteiger partial charge in [0.2, 0.25) is 0 Å². The van der Waals surface area contributed by atoms with Crippen LogP contribution in [-0.2, 0) is 0 Å². The van der Waals surface area contributed by atoms with Crippen LogP contribution in [0.3, 0.4) is 0 Å². The number of benzene rings is 1. The molecule has 3 heterocycles. The Bertz CT molecular complexity index is 1200. The normalized spacial score (nSPS) is 11.2. The van der Waals surface area contributed by atoms with Gasteiger partial charge in [-0.3, -0.25) is 9.36 Å². The summed E-state index contributed by atoms with van der Waals surface area (Å²) in [6.45, 7) is 4.05. The molecule has 3 aromatic heterocycles. The first-order chi connectivity index (χ1) is 12.5. The summed E-state index contributed by atoms with van der Waals surface area (Å²) in [7, 11) is 6.02. The lowest BCUT2D eigenvalue weighted by Gasteiger charge is -2.13. The molecular formula is C19H18BN4OS. The zero-order valence-electron chi connectivity index (χ0n) is 15.1. The van der Waals surface area contributed by atoms with Gasteiger partial charge in [0.15, 0.2) is 0 Å². The monoisotopic (exact) mass is 361 g/mol. The van der Waals surface area contributed by atoms with E-state index in [1.54, 1.807) is 17.1 Å². The molecule has 0 spiro atoms. The minimum absolute atomic E-state index is 0.0599. The van der Waals surface area contributed by atoms with Gasteiger partial charge >= 0.3 is 0 Å². The molecule has 4 rings (SSSR count). The predicted octanol–water partition coefficient (Wildman–Crippen LogP) is 2.75. The number of hydrogen-bond acceptors (Lipinski definition) is 5. The van der Waals surface area contributed by atoms with Crippen molar-refractivity contribution in [1.82, 2.24) is 14.5 Å². The van der Waals surface area contributed by atoms with Gasteiger partial charge in [-0.1, -0.05) is 23.9 Å². The summed E-state index contributed by atoms with van der Waals surface area (Å²) < 4.78 is 2.24. The van der Waals surface area contributed by atoms with E-state index in [2.05, 4.69) is 17.2 Å². The van der Waals surface area contributed by atoms with E-state index in [9.17, 15) is 4.79 Å². The van der Waals surface area contributed by atoms with Crippen molar-refractivity contribution in [2.75, 3.05) is 19.0 Å². The quantitative estimate of drug-likeness (QED) is 0.527. The number of aromatic nitrogens is 3. The van der Waals surface area contributed by atoms with Gasteiger partial charge in [0, 0.05) is 20.3 Å². The number of pyridine rings is 1. The molecule has 0 aliphatic rings. The van der Waals surface area contributed by atoms with Gasteiger partial charge in [-0.05, 0) is 25.1 Å². The highest BCUT2D eigenvalue weighted by Crippen LogP contribution is 2.35. The zero-order chi connectivity index (χ0) is 18.4. The minimum atomic E-state index is -0.0599. The Kier molecular flexibility index (Phi) is 4.03. The van der Waals surface area contributed by atoms with Crippen molar-refractivity contribution in [3.63, 3.8) is 0 Å². The van der Waals surface area contributed by atoms with Gasteiger partial charge in [-0.25, -0.2) is 9.97 Å². The summed E-state index contributed by atoms with van der Waals surface area (Å²) in [5.41, 5.74) is 4.80. The summed E-state index contributed by atoms with van der Waals surface area (Å²) in [5.74, 6) is 0. The van der Waals surface area contributed by atoms with Crippen molar-refractivity contribution in [2.24, 2.45) is 0 Å². The van der Waals surface area contributed by atoms with Crippen LogP contribution in [0.1, 0.15) is 5.56 Å². The van der Waals surface area contributed by atoms with E-state index in [1.165, 1.54) is 11.3 Å². The SMILES string of the molecule is C[B]c1ccc(-n2cnc3c(sc4nccc(N(C)C)c43)c2=O)cc1C. The smallest absolute Gasteiger partial charge is 0.275 e. The number of fused-ring (bicyclic) bond motifs is 3. The molecule has 0 bridgehead atoms. The molecule has 0 unspecified atom stereocenters. The minimum Gasteiger partial charge on any atom is -0.377 e. The second kappa shape index (κ2) is 6.25. The lowest BCUT2D eigenvalue weighted by molar-refractivity contribution is 0.966. The molecule has 0 saturated heterocycles. The van der Waals surface area contributed by atoms with Crippen molar-refractivity contribution in [3.8, 4) is 5.69 Å². The molecule has 129 valence electrons. The molecule has 1 aromatic carbocycles. The molecule has 7 heteroatoms. The van der Waals surface area contributed by atoms with Crippen LogP contribution in [0.4, 0.5) is 5.69 Å². The molecule has 0 atom stereocenters. The number of rotatable bonds is 3. The number of nitrogens with zero attached hydrogens (tertiary/aromatic N) is 4. The van der Waals surface area contributed by atoms with E-state index in [-0.39, 0.29) is 5.56 Å². The number of aryl methyl sites for hydroxylation is 1. The average Bonchev–Trinajstić information content (AvgIpc) is 3.01. The number of anilines is 1. The van der Waals surface area contributed by atoms with Gasteiger partial charge in [0.05, 0.1) is 22.3 Å². The van der Waals surface area contributed by atoms with Crippen molar-refractivity contribution < 1.29 is 0 Å². The largest absolute Gasteiger partial charge is 0.377 e. The van der Waals surface area contributed by atoms with Gasteiger partial charge in [0.25, 0.3) is 5.56 Å². The molecule has 0 aliphatic heterocycles. The van der Waals surface area contributed by atoms with Crippen LogP contribution in [0.15, 0.2) is 41.6 Å². The van der Waals surface area contributed by atoms with Crippen LogP contribution < -0.4 is 15.9 Å². The third-order valence-corrected chi connectivity index (χ3v) is 5.66. The van der Waals surface area contributed by atoms with E-state index >= 15 is 0 Å². The maximum atomic E-state index is 13.1. The molecule has 0 saturated carbocycles. The first-order valence-electron chi connectivity index (χ1n) is 8.38. The van der Waals surface area contributed by atoms with Gasteiger partial charge in [-0.15, -0.1) is 11.3 Å². The van der Waals surface area contributed by atoms with Crippen molar-refractivity contribution in [2.45, 2.75) is 13.7 Å². The fourth-order valence-corrected chi connectivity index (χ4v) is 4.27. The molecule has 0 fully saturated rings. The lowest BCUT2D eigenvalue weighted by Crippen LogP contribution is -2.20. The highest BCUT2D eigenvalue weighted by molar-refractivity contribution is 7.25. The predicted molar refractivity (Wildman–Crippen MR) is 111 cm³/mol. The van der Waals surface area contributed by atoms with Crippen LogP contribution in [0.25, 0.3) is 26.1 Å². The third-order valence-electron chi connectivity index (χ3n) is 4.58. The van der Waals surface area contributed by atoms with Crippen LogP contribution in [0, 0.1) is 6.92 Å². The van der Waals surface area contributed by atoms with Crippen LogP contribution in [-0.4, -0.2) is 35.9 Å². The van der Waals surface area contributed by atoms with E-state index in [0.717, 1.165) is 38.1 Å². The Morgan fingerprint density at radius 3 is 2.69 bits per heavy atom. The first kappa shape index (κ1) is 16.8. The van der Waals surface area contributed by atoms with Crippen LogP contribution in [0.5, 0.6) is 0 Å². The second-order valence-electron chi connectivity index (χ2n) is 6.43.